The van der Waals surface area contributed by atoms with Crippen molar-refractivity contribution in [2.75, 3.05) is 5.32 Å². The fourth-order valence-electron chi connectivity index (χ4n) is 1.96. The number of ether oxygens (including phenoxy) is 1. The molecule has 5 heteroatoms. The van der Waals surface area contributed by atoms with E-state index in [1.165, 1.54) is 11.3 Å². The van der Waals surface area contributed by atoms with Crippen LogP contribution in [0.3, 0.4) is 0 Å². The lowest BCUT2D eigenvalue weighted by Crippen LogP contribution is -2.10. The number of hydrogen-bond donors (Lipinski definition) is 1. The summed E-state index contributed by atoms with van der Waals surface area (Å²) in [7, 11) is 0. The summed E-state index contributed by atoms with van der Waals surface area (Å²) in [6.07, 6.45) is 2.63. The Kier molecular flexibility index (Phi) is 5.95. The maximum absolute atomic E-state index is 11.7. The molecule has 0 saturated carbocycles. The molecule has 0 spiro atoms. The van der Waals surface area contributed by atoms with E-state index >= 15 is 0 Å². The summed E-state index contributed by atoms with van der Waals surface area (Å²) in [4.78, 5) is 16.2. The van der Waals surface area contributed by atoms with Crippen molar-refractivity contribution in [1.29, 1.82) is 0 Å². The number of amides is 1. The first-order valence-corrected chi connectivity index (χ1v) is 8.49. The Morgan fingerprint density at radius 2 is 2.05 bits per heavy atom. The molecule has 1 amide bonds. The number of aromatic nitrogens is 1. The van der Waals surface area contributed by atoms with Gasteiger partial charge in [0.15, 0.2) is 5.13 Å². The van der Waals surface area contributed by atoms with Crippen LogP contribution in [0.2, 0.25) is 0 Å². The second-order valence-electron chi connectivity index (χ2n) is 5.38. The van der Waals surface area contributed by atoms with E-state index in [4.69, 9.17) is 4.74 Å². The Morgan fingerprint density at radius 1 is 1.32 bits per heavy atom. The minimum atomic E-state index is 0.0310. The van der Waals surface area contributed by atoms with E-state index in [1.54, 1.807) is 0 Å². The van der Waals surface area contributed by atoms with Crippen molar-refractivity contribution >= 4 is 22.4 Å². The highest BCUT2D eigenvalue weighted by Gasteiger charge is 2.08. The van der Waals surface area contributed by atoms with Gasteiger partial charge >= 0.3 is 0 Å². The Hall–Kier alpha value is -1.88. The molecule has 22 heavy (non-hydrogen) atoms. The lowest BCUT2D eigenvalue weighted by molar-refractivity contribution is -0.116. The summed E-state index contributed by atoms with van der Waals surface area (Å²) in [6.45, 7) is 6.07. The Morgan fingerprint density at radius 3 is 2.68 bits per heavy atom. The van der Waals surface area contributed by atoms with Crippen LogP contribution in [0, 0.1) is 0 Å². The molecule has 0 bridgehead atoms. The lowest BCUT2D eigenvalue weighted by Gasteiger charge is -2.09. The van der Waals surface area contributed by atoms with Gasteiger partial charge in [-0.05, 0) is 44.5 Å². The number of nitrogens with zero attached hydrogens (tertiary/aromatic N) is 1. The number of carbonyl (C=O) groups is 1. The van der Waals surface area contributed by atoms with Crippen molar-refractivity contribution in [3.05, 3.63) is 29.6 Å². The van der Waals surface area contributed by atoms with Crippen LogP contribution in [-0.2, 0) is 4.79 Å². The van der Waals surface area contributed by atoms with E-state index in [1.807, 2.05) is 43.5 Å². The summed E-state index contributed by atoms with van der Waals surface area (Å²) in [5, 5.41) is 5.45. The van der Waals surface area contributed by atoms with Gasteiger partial charge in [0.25, 0.3) is 0 Å². The van der Waals surface area contributed by atoms with Crippen LogP contribution in [0.4, 0.5) is 5.13 Å². The zero-order chi connectivity index (χ0) is 15.9. The number of rotatable bonds is 7. The summed E-state index contributed by atoms with van der Waals surface area (Å²) in [5.74, 6) is 0.880. The van der Waals surface area contributed by atoms with Gasteiger partial charge in [-0.25, -0.2) is 4.98 Å². The van der Waals surface area contributed by atoms with Gasteiger partial charge < -0.3 is 10.1 Å². The zero-order valence-electron chi connectivity index (χ0n) is 13.3. The van der Waals surface area contributed by atoms with Crippen LogP contribution in [0.15, 0.2) is 29.6 Å². The van der Waals surface area contributed by atoms with Gasteiger partial charge in [-0.3, -0.25) is 4.79 Å². The number of carbonyl (C=O) groups excluding carboxylic acids is 1. The lowest BCUT2D eigenvalue weighted by atomic mass is 10.2. The van der Waals surface area contributed by atoms with Gasteiger partial charge in [-0.2, -0.15) is 0 Å². The van der Waals surface area contributed by atoms with E-state index in [0.717, 1.165) is 29.8 Å². The first-order chi connectivity index (χ1) is 10.6. The third-order valence-electron chi connectivity index (χ3n) is 3.03. The van der Waals surface area contributed by atoms with Crippen LogP contribution < -0.4 is 10.1 Å². The highest BCUT2D eigenvalue weighted by atomic mass is 32.1. The molecule has 0 fully saturated rings. The Labute approximate surface area is 135 Å². The third kappa shape index (κ3) is 4.84. The maximum Gasteiger partial charge on any atom is 0.226 e. The molecule has 0 aliphatic carbocycles. The van der Waals surface area contributed by atoms with Gasteiger partial charge in [0, 0.05) is 17.4 Å². The fourth-order valence-corrected chi connectivity index (χ4v) is 2.70. The predicted molar refractivity (Wildman–Crippen MR) is 91.5 cm³/mol. The highest BCUT2D eigenvalue weighted by Crippen LogP contribution is 2.26. The number of thiazole rings is 1. The van der Waals surface area contributed by atoms with E-state index in [2.05, 4.69) is 17.2 Å². The first-order valence-electron chi connectivity index (χ1n) is 7.61. The summed E-state index contributed by atoms with van der Waals surface area (Å²) in [6, 6.07) is 7.84. The molecule has 0 aliphatic heterocycles. The van der Waals surface area contributed by atoms with E-state index < -0.39 is 0 Å². The predicted octanol–water partition coefficient (Wildman–Crippen LogP) is 4.73. The highest BCUT2D eigenvalue weighted by molar-refractivity contribution is 7.14. The average molecular weight is 318 g/mol. The second kappa shape index (κ2) is 7.94. The maximum atomic E-state index is 11.7. The summed E-state index contributed by atoms with van der Waals surface area (Å²) in [5.41, 5.74) is 1.88. The first kappa shape index (κ1) is 16.5. The van der Waals surface area contributed by atoms with Crippen LogP contribution in [0.5, 0.6) is 5.75 Å². The fraction of sp³-hybridized carbons (Fsp3) is 0.412. The number of benzene rings is 1. The molecule has 0 radical (unpaired) electrons. The number of hydrogen-bond acceptors (Lipinski definition) is 4. The van der Waals surface area contributed by atoms with Crippen LogP contribution in [0.25, 0.3) is 11.3 Å². The molecule has 1 aromatic carbocycles. The smallest absolute Gasteiger partial charge is 0.226 e. The SMILES string of the molecule is CCCCC(=O)Nc1nc(-c2ccc(OC(C)C)cc2)cs1. The Bertz CT molecular complexity index is 605. The molecule has 2 rings (SSSR count). The normalized spacial score (nSPS) is 10.7. The molecule has 0 unspecified atom stereocenters. The van der Waals surface area contributed by atoms with Crippen LogP contribution in [0.1, 0.15) is 40.0 Å². The van der Waals surface area contributed by atoms with E-state index in [-0.39, 0.29) is 12.0 Å². The monoisotopic (exact) mass is 318 g/mol. The largest absolute Gasteiger partial charge is 0.491 e. The second-order valence-corrected chi connectivity index (χ2v) is 6.24. The molecule has 4 nitrogen and oxygen atoms in total. The van der Waals surface area contributed by atoms with Crippen LogP contribution >= 0.6 is 11.3 Å². The quantitative estimate of drug-likeness (QED) is 0.803. The number of anilines is 1. The summed E-state index contributed by atoms with van der Waals surface area (Å²) < 4.78 is 5.63. The van der Waals surface area contributed by atoms with Crippen molar-refractivity contribution < 1.29 is 9.53 Å². The minimum Gasteiger partial charge on any atom is -0.491 e. The standard InChI is InChI=1S/C17H22N2O2S/c1-4-5-6-16(20)19-17-18-15(11-22-17)13-7-9-14(10-8-13)21-12(2)3/h7-12H,4-6H2,1-3H3,(H,18,19,20). The molecular formula is C17H22N2O2S. The van der Waals surface area contributed by atoms with Crippen molar-refractivity contribution in [3.63, 3.8) is 0 Å². The van der Waals surface area contributed by atoms with Crippen molar-refractivity contribution in [3.8, 4) is 17.0 Å². The molecule has 118 valence electrons. The van der Waals surface area contributed by atoms with E-state index in [9.17, 15) is 4.79 Å². The number of unbranched alkanes of at least 4 members (excludes halogenated alkanes) is 1. The molecule has 1 heterocycles. The van der Waals surface area contributed by atoms with E-state index in [0.29, 0.717) is 11.6 Å². The molecule has 1 aromatic heterocycles. The molecule has 2 aromatic rings. The topological polar surface area (TPSA) is 51.2 Å². The van der Waals surface area contributed by atoms with Gasteiger partial charge in [0.05, 0.1) is 11.8 Å². The minimum absolute atomic E-state index is 0.0310. The van der Waals surface area contributed by atoms with Gasteiger partial charge in [0.1, 0.15) is 5.75 Å². The molecule has 0 atom stereocenters. The number of nitrogens with one attached hydrogen (secondary N) is 1. The van der Waals surface area contributed by atoms with Gasteiger partial charge in [0.2, 0.25) is 5.91 Å². The summed E-state index contributed by atoms with van der Waals surface area (Å²) >= 11 is 1.45. The van der Waals surface area contributed by atoms with Crippen LogP contribution in [-0.4, -0.2) is 17.0 Å². The zero-order valence-corrected chi connectivity index (χ0v) is 14.1. The van der Waals surface area contributed by atoms with Crippen molar-refractivity contribution in [2.24, 2.45) is 0 Å². The van der Waals surface area contributed by atoms with Crippen molar-refractivity contribution in [1.82, 2.24) is 4.98 Å². The molecule has 0 saturated heterocycles. The van der Waals surface area contributed by atoms with Gasteiger partial charge in [-0.15, -0.1) is 11.3 Å². The van der Waals surface area contributed by atoms with Gasteiger partial charge in [-0.1, -0.05) is 13.3 Å². The molecule has 1 N–H and O–H groups in total. The molecular weight excluding hydrogens is 296 g/mol. The Balaban J connectivity index is 2.00. The average Bonchev–Trinajstić information content (AvgIpc) is 2.93. The third-order valence-corrected chi connectivity index (χ3v) is 3.79. The van der Waals surface area contributed by atoms with Crippen molar-refractivity contribution in [2.45, 2.75) is 46.1 Å². The molecule has 0 aliphatic rings.